The zero-order chi connectivity index (χ0) is 15.4. The van der Waals surface area contributed by atoms with Crippen LogP contribution in [0.15, 0.2) is 47.7 Å². The van der Waals surface area contributed by atoms with Gasteiger partial charge < -0.3 is 15.4 Å². The van der Waals surface area contributed by atoms with Gasteiger partial charge in [-0.3, -0.25) is 9.98 Å². The largest absolute Gasteiger partial charge is 0.453 e. The Morgan fingerprint density at radius 1 is 1.41 bits per heavy atom. The summed E-state index contributed by atoms with van der Waals surface area (Å²) < 4.78 is 19.5. The minimum absolute atomic E-state index is 0.182. The van der Waals surface area contributed by atoms with E-state index in [2.05, 4.69) is 27.5 Å². The topological polar surface area (TPSA) is 58.5 Å². The van der Waals surface area contributed by atoms with Crippen LogP contribution >= 0.6 is 0 Å². The van der Waals surface area contributed by atoms with Crippen molar-refractivity contribution in [3.63, 3.8) is 0 Å². The number of hydrogen-bond acceptors (Lipinski definition) is 5. The number of nitrogens with zero attached hydrogens (tertiary/aromatic N) is 2. The van der Waals surface area contributed by atoms with Gasteiger partial charge in [0.05, 0.1) is 12.7 Å². The van der Waals surface area contributed by atoms with E-state index in [0.717, 1.165) is 18.1 Å². The number of ether oxygens (including phenoxy) is 1. The molecule has 1 unspecified atom stereocenters. The molecule has 1 atom stereocenters. The Balaban J connectivity index is 1.62. The SMILES string of the molecule is CC1CN=C(NCc2ccc(Oc3cccnc3)c(F)c2)N1. The van der Waals surface area contributed by atoms with Gasteiger partial charge in [-0.2, -0.15) is 0 Å². The molecule has 6 heteroatoms. The van der Waals surface area contributed by atoms with E-state index < -0.39 is 5.82 Å². The lowest BCUT2D eigenvalue weighted by molar-refractivity contribution is 0.440. The normalized spacial score (nSPS) is 16.8. The number of hydrogen-bond donors (Lipinski definition) is 2. The van der Waals surface area contributed by atoms with Gasteiger partial charge in [0, 0.05) is 18.8 Å². The van der Waals surface area contributed by atoms with Crippen molar-refractivity contribution in [2.24, 2.45) is 4.99 Å². The molecule has 22 heavy (non-hydrogen) atoms. The van der Waals surface area contributed by atoms with Gasteiger partial charge in [0.25, 0.3) is 0 Å². The summed E-state index contributed by atoms with van der Waals surface area (Å²) in [5.74, 6) is 1.04. The van der Waals surface area contributed by atoms with Crippen molar-refractivity contribution >= 4 is 5.96 Å². The smallest absolute Gasteiger partial charge is 0.191 e. The minimum Gasteiger partial charge on any atom is -0.453 e. The summed E-state index contributed by atoms with van der Waals surface area (Å²) in [4.78, 5) is 8.23. The Hall–Kier alpha value is -2.63. The van der Waals surface area contributed by atoms with Gasteiger partial charge in [-0.1, -0.05) is 6.07 Å². The first-order chi connectivity index (χ1) is 10.7. The lowest BCUT2D eigenvalue weighted by Crippen LogP contribution is -2.37. The summed E-state index contributed by atoms with van der Waals surface area (Å²) >= 11 is 0. The van der Waals surface area contributed by atoms with E-state index in [1.54, 1.807) is 30.6 Å². The number of nitrogens with one attached hydrogen (secondary N) is 2. The fourth-order valence-electron chi connectivity index (χ4n) is 2.12. The highest BCUT2D eigenvalue weighted by molar-refractivity contribution is 5.81. The van der Waals surface area contributed by atoms with E-state index in [9.17, 15) is 4.39 Å². The Morgan fingerprint density at radius 2 is 2.32 bits per heavy atom. The van der Waals surface area contributed by atoms with Crippen molar-refractivity contribution in [1.29, 1.82) is 0 Å². The average Bonchev–Trinajstić information content (AvgIpc) is 2.94. The Morgan fingerprint density at radius 3 is 3.00 bits per heavy atom. The first kappa shape index (κ1) is 14.3. The van der Waals surface area contributed by atoms with Crippen LogP contribution in [-0.2, 0) is 6.54 Å². The van der Waals surface area contributed by atoms with E-state index in [4.69, 9.17) is 4.74 Å². The highest BCUT2D eigenvalue weighted by Crippen LogP contribution is 2.24. The molecule has 0 saturated heterocycles. The molecule has 0 saturated carbocycles. The highest BCUT2D eigenvalue weighted by Gasteiger charge is 2.12. The third-order valence-corrected chi connectivity index (χ3v) is 3.22. The van der Waals surface area contributed by atoms with Crippen molar-refractivity contribution in [3.8, 4) is 11.5 Å². The van der Waals surface area contributed by atoms with Crippen LogP contribution in [0.4, 0.5) is 4.39 Å². The third kappa shape index (κ3) is 3.52. The molecule has 0 bridgehead atoms. The molecular formula is C16H17FN4O. The zero-order valence-corrected chi connectivity index (χ0v) is 12.2. The predicted molar refractivity (Wildman–Crippen MR) is 82.5 cm³/mol. The van der Waals surface area contributed by atoms with Crippen molar-refractivity contribution in [2.75, 3.05) is 6.54 Å². The summed E-state index contributed by atoms with van der Waals surface area (Å²) in [6.07, 6.45) is 3.18. The second-order valence-corrected chi connectivity index (χ2v) is 5.14. The van der Waals surface area contributed by atoms with Crippen LogP contribution in [0, 0.1) is 5.82 Å². The predicted octanol–water partition coefficient (Wildman–Crippen LogP) is 2.45. The molecule has 2 N–H and O–H groups in total. The van der Waals surface area contributed by atoms with Crippen LogP contribution < -0.4 is 15.4 Å². The molecule has 0 fully saturated rings. The van der Waals surface area contributed by atoms with Crippen LogP contribution in [-0.4, -0.2) is 23.5 Å². The standard InChI is InChI=1S/C16H17FN4O/c1-11-8-19-16(21-11)20-9-12-4-5-15(14(17)7-12)22-13-3-2-6-18-10-13/h2-7,10-11H,8-9H2,1H3,(H2,19,20,21). The first-order valence-corrected chi connectivity index (χ1v) is 7.12. The quantitative estimate of drug-likeness (QED) is 0.910. The maximum absolute atomic E-state index is 14.1. The van der Waals surface area contributed by atoms with E-state index >= 15 is 0 Å². The van der Waals surface area contributed by atoms with Crippen molar-refractivity contribution in [1.82, 2.24) is 15.6 Å². The van der Waals surface area contributed by atoms with Gasteiger partial charge in [-0.25, -0.2) is 4.39 Å². The molecule has 0 spiro atoms. The molecule has 1 aliphatic rings. The van der Waals surface area contributed by atoms with Gasteiger partial charge in [-0.15, -0.1) is 0 Å². The van der Waals surface area contributed by atoms with Crippen molar-refractivity contribution in [3.05, 3.63) is 54.1 Å². The molecular weight excluding hydrogens is 283 g/mol. The van der Waals surface area contributed by atoms with Gasteiger partial charge >= 0.3 is 0 Å². The van der Waals surface area contributed by atoms with Crippen LogP contribution in [0.3, 0.4) is 0 Å². The molecule has 3 rings (SSSR count). The van der Waals surface area contributed by atoms with Crippen LogP contribution in [0.25, 0.3) is 0 Å². The number of halogens is 1. The molecule has 114 valence electrons. The second-order valence-electron chi connectivity index (χ2n) is 5.14. The summed E-state index contributed by atoms with van der Waals surface area (Å²) in [7, 11) is 0. The van der Waals surface area contributed by atoms with Crippen LogP contribution in [0.2, 0.25) is 0 Å². The maximum Gasteiger partial charge on any atom is 0.191 e. The maximum atomic E-state index is 14.1. The third-order valence-electron chi connectivity index (χ3n) is 3.22. The molecule has 2 aromatic rings. The molecule has 1 aromatic carbocycles. The summed E-state index contributed by atoms with van der Waals surface area (Å²) in [5, 5.41) is 6.34. The number of pyridine rings is 1. The van der Waals surface area contributed by atoms with Gasteiger partial charge in [0.2, 0.25) is 0 Å². The molecule has 1 aliphatic heterocycles. The monoisotopic (exact) mass is 300 g/mol. The van der Waals surface area contributed by atoms with E-state index in [0.29, 0.717) is 18.3 Å². The van der Waals surface area contributed by atoms with E-state index in [1.807, 2.05) is 6.07 Å². The number of rotatable bonds is 4. The summed E-state index contributed by atoms with van der Waals surface area (Å²) in [5.41, 5.74) is 0.820. The number of benzene rings is 1. The molecule has 0 radical (unpaired) electrons. The number of guanidine groups is 1. The van der Waals surface area contributed by atoms with Crippen LogP contribution in [0.5, 0.6) is 11.5 Å². The zero-order valence-electron chi connectivity index (χ0n) is 12.2. The highest BCUT2D eigenvalue weighted by atomic mass is 19.1. The number of aliphatic imine (C=N–C) groups is 1. The van der Waals surface area contributed by atoms with Gasteiger partial charge in [0.15, 0.2) is 17.5 Å². The Labute approximate surface area is 128 Å². The summed E-state index contributed by atoms with van der Waals surface area (Å²) in [6.45, 7) is 3.32. The molecule has 0 amide bonds. The minimum atomic E-state index is -0.405. The van der Waals surface area contributed by atoms with E-state index in [1.165, 1.54) is 6.07 Å². The van der Waals surface area contributed by atoms with Crippen molar-refractivity contribution < 1.29 is 9.13 Å². The summed E-state index contributed by atoms with van der Waals surface area (Å²) in [6, 6.07) is 8.70. The fourth-order valence-corrected chi connectivity index (χ4v) is 2.12. The second kappa shape index (κ2) is 6.43. The lowest BCUT2D eigenvalue weighted by Gasteiger charge is -2.10. The van der Waals surface area contributed by atoms with E-state index in [-0.39, 0.29) is 5.75 Å². The molecule has 1 aromatic heterocycles. The molecule has 2 heterocycles. The lowest BCUT2D eigenvalue weighted by atomic mass is 10.2. The fraction of sp³-hybridized carbons (Fsp3) is 0.250. The Bertz CT molecular complexity index is 675. The van der Waals surface area contributed by atoms with Gasteiger partial charge in [-0.05, 0) is 36.8 Å². The van der Waals surface area contributed by atoms with Gasteiger partial charge in [0.1, 0.15) is 5.75 Å². The first-order valence-electron chi connectivity index (χ1n) is 7.12. The number of aromatic nitrogens is 1. The van der Waals surface area contributed by atoms with Crippen molar-refractivity contribution in [2.45, 2.75) is 19.5 Å². The Kier molecular flexibility index (Phi) is 4.18. The molecule has 0 aliphatic carbocycles. The van der Waals surface area contributed by atoms with Crippen LogP contribution in [0.1, 0.15) is 12.5 Å². The average molecular weight is 300 g/mol. The molecule has 5 nitrogen and oxygen atoms in total.